The third-order valence-corrected chi connectivity index (χ3v) is 2.93. The summed E-state index contributed by atoms with van der Waals surface area (Å²) in [5.74, 6) is -2.81. The van der Waals surface area contributed by atoms with Gasteiger partial charge in [-0.05, 0) is 17.5 Å². The molecule has 1 rings (SSSR count). The number of phenolic OH excluding ortho intramolecular Hbond substituents is 1. The molecule has 1 unspecified atom stereocenters. The molecule has 1 amide bonds. The molecule has 0 spiro atoms. The van der Waals surface area contributed by atoms with Gasteiger partial charge >= 0.3 is 5.97 Å². The maximum atomic E-state index is 12.9. The number of aliphatic carboxylic acids is 1. The molecule has 0 saturated carbocycles. The topological polar surface area (TPSA) is 86.6 Å². The Morgan fingerprint density at radius 3 is 2.40 bits per heavy atom. The molecule has 0 radical (unpaired) electrons. The highest BCUT2D eigenvalue weighted by Gasteiger charge is 2.29. The predicted molar refractivity (Wildman–Crippen MR) is 71.0 cm³/mol. The Bertz CT molecular complexity index is 522. The number of benzene rings is 1. The lowest BCUT2D eigenvalue weighted by molar-refractivity contribution is -0.138. The van der Waals surface area contributed by atoms with Crippen molar-refractivity contribution in [3.63, 3.8) is 0 Å². The van der Waals surface area contributed by atoms with E-state index in [2.05, 4.69) is 5.32 Å². The number of carbonyl (C=O) groups excluding carboxylic acids is 1. The Balaban J connectivity index is 2.93. The van der Waals surface area contributed by atoms with Crippen LogP contribution in [0.15, 0.2) is 18.2 Å². The average molecular weight is 283 g/mol. The minimum absolute atomic E-state index is 0.0916. The van der Waals surface area contributed by atoms with E-state index >= 15 is 0 Å². The van der Waals surface area contributed by atoms with Crippen molar-refractivity contribution in [1.82, 2.24) is 5.32 Å². The predicted octanol–water partition coefficient (Wildman–Crippen LogP) is 2.15. The van der Waals surface area contributed by atoms with Crippen LogP contribution in [0.5, 0.6) is 5.75 Å². The van der Waals surface area contributed by atoms with Crippen LogP contribution in [0.3, 0.4) is 0 Å². The number of aromatic hydroxyl groups is 1. The molecule has 0 aliphatic carbocycles. The fraction of sp³-hybridized carbons (Fsp3) is 0.429. The van der Waals surface area contributed by atoms with Crippen molar-refractivity contribution in [1.29, 1.82) is 0 Å². The summed E-state index contributed by atoms with van der Waals surface area (Å²) >= 11 is 0. The Morgan fingerprint density at radius 2 is 1.95 bits per heavy atom. The number of halogens is 1. The zero-order chi connectivity index (χ0) is 15.5. The molecule has 0 heterocycles. The van der Waals surface area contributed by atoms with Crippen molar-refractivity contribution in [3.05, 3.63) is 29.6 Å². The van der Waals surface area contributed by atoms with Crippen LogP contribution in [0.2, 0.25) is 0 Å². The minimum Gasteiger partial charge on any atom is -0.507 e. The molecule has 110 valence electrons. The first-order chi connectivity index (χ1) is 9.11. The third kappa shape index (κ3) is 4.22. The van der Waals surface area contributed by atoms with Gasteiger partial charge in [-0.3, -0.25) is 9.59 Å². The Labute approximate surface area is 116 Å². The molecule has 6 heteroatoms. The van der Waals surface area contributed by atoms with E-state index < -0.39 is 34.9 Å². The molecule has 0 saturated heterocycles. The second-order valence-electron chi connectivity index (χ2n) is 5.65. The fourth-order valence-corrected chi connectivity index (χ4v) is 1.68. The van der Waals surface area contributed by atoms with E-state index in [0.717, 1.165) is 18.2 Å². The van der Waals surface area contributed by atoms with Crippen LogP contribution >= 0.6 is 0 Å². The van der Waals surface area contributed by atoms with Crippen molar-refractivity contribution in [3.8, 4) is 5.75 Å². The van der Waals surface area contributed by atoms with Crippen molar-refractivity contribution < 1.29 is 24.2 Å². The quantitative estimate of drug-likeness (QED) is 0.790. The van der Waals surface area contributed by atoms with Crippen molar-refractivity contribution in [2.24, 2.45) is 5.41 Å². The molecule has 20 heavy (non-hydrogen) atoms. The van der Waals surface area contributed by atoms with Gasteiger partial charge in [0.1, 0.15) is 11.6 Å². The van der Waals surface area contributed by atoms with E-state index in [1.54, 1.807) is 20.8 Å². The first-order valence-corrected chi connectivity index (χ1v) is 6.12. The maximum absolute atomic E-state index is 12.9. The van der Waals surface area contributed by atoms with E-state index in [-0.39, 0.29) is 12.0 Å². The Hall–Kier alpha value is -2.11. The van der Waals surface area contributed by atoms with Crippen molar-refractivity contribution in [2.45, 2.75) is 33.2 Å². The van der Waals surface area contributed by atoms with Crippen LogP contribution in [-0.4, -0.2) is 28.1 Å². The normalized spacial score (nSPS) is 12.8. The maximum Gasteiger partial charge on any atom is 0.305 e. The van der Waals surface area contributed by atoms with Gasteiger partial charge in [-0.25, -0.2) is 4.39 Å². The molecule has 0 aromatic heterocycles. The van der Waals surface area contributed by atoms with E-state index in [1.807, 2.05) is 0 Å². The van der Waals surface area contributed by atoms with Gasteiger partial charge in [-0.15, -0.1) is 0 Å². The van der Waals surface area contributed by atoms with Crippen LogP contribution < -0.4 is 5.32 Å². The second kappa shape index (κ2) is 5.90. The zero-order valence-corrected chi connectivity index (χ0v) is 11.6. The van der Waals surface area contributed by atoms with Gasteiger partial charge in [0.15, 0.2) is 0 Å². The van der Waals surface area contributed by atoms with Crippen LogP contribution in [0.4, 0.5) is 4.39 Å². The number of hydrogen-bond acceptors (Lipinski definition) is 3. The lowest BCUT2D eigenvalue weighted by Gasteiger charge is -2.30. The molecular weight excluding hydrogens is 265 g/mol. The largest absolute Gasteiger partial charge is 0.507 e. The smallest absolute Gasteiger partial charge is 0.305 e. The van der Waals surface area contributed by atoms with Gasteiger partial charge in [-0.2, -0.15) is 0 Å². The molecule has 3 N–H and O–H groups in total. The number of carboxylic acids is 1. The summed E-state index contributed by atoms with van der Waals surface area (Å²) < 4.78 is 12.9. The van der Waals surface area contributed by atoms with Gasteiger partial charge in [0, 0.05) is 12.1 Å². The fourth-order valence-electron chi connectivity index (χ4n) is 1.68. The van der Waals surface area contributed by atoms with Gasteiger partial charge in [0.2, 0.25) is 0 Å². The minimum atomic E-state index is -1.03. The van der Waals surface area contributed by atoms with E-state index in [4.69, 9.17) is 5.11 Å². The first-order valence-electron chi connectivity index (χ1n) is 6.12. The number of rotatable bonds is 4. The van der Waals surface area contributed by atoms with Crippen LogP contribution in [-0.2, 0) is 4.79 Å². The lowest BCUT2D eigenvalue weighted by atomic mass is 9.84. The number of carbonyl (C=O) groups is 2. The average Bonchev–Trinajstić information content (AvgIpc) is 2.25. The second-order valence-corrected chi connectivity index (χ2v) is 5.65. The molecule has 0 aliphatic heterocycles. The Kier molecular flexibility index (Phi) is 4.70. The van der Waals surface area contributed by atoms with Crippen LogP contribution in [0.25, 0.3) is 0 Å². The summed E-state index contributed by atoms with van der Waals surface area (Å²) in [7, 11) is 0. The van der Waals surface area contributed by atoms with Gasteiger partial charge in [0.05, 0.1) is 12.0 Å². The number of amides is 1. The summed E-state index contributed by atoms with van der Waals surface area (Å²) in [6, 6.07) is 2.42. The monoisotopic (exact) mass is 283 g/mol. The summed E-state index contributed by atoms with van der Waals surface area (Å²) in [4.78, 5) is 22.9. The number of carboxylic acid groups (broad SMARTS) is 1. The number of hydrogen-bond donors (Lipinski definition) is 3. The molecule has 1 atom stereocenters. The van der Waals surface area contributed by atoms with Gasteiger partial charge < -0.3 is 15.5 Å². The molecule has 1 aromatic carbocycles. The first kappa shape index (κ1) is 15.9. The van der Waals surface area contributed by atoms with Crippen LogP contribution in [0, 0.1) is 11.2 Å². The van der Waals surface area contributed by atoms with E-state index in [1.165, 1.54) is 0 Å². The van der Waals surface area contributed by atoms with Gasteiger partial charge in [0.25, 0.3) is 5.91 Å². The Morgan fingerprint density at radius 1 is 1.35 bits per heavy atom. The van der Waals surface area contributed by atoms with Gasteiger partial charge in [-0.1, -0.05) is 20.8 Å². The molecular formula is C14H18FNO4. The summed E-state index contributed by atoms with van der Waals surface area (Å²) in [6.45, 7) is 5.39. The molecule has 0 fully saturated rings. The molecule has 1 aromatic rings. The van der Waals surface area contributed by atoms with Crippen molar-refractivity contribution in [2.75, 3.05) is 0 Å². The highest BCUT2D eigenvalue weighted by molar-refractivity contribution is 5.97. The summed E-state index contributed by atoms with van der Waals surface area (Å²) in [6.07, 6.45) is -0.239. The molecule has 0 bridgehead atoms. The zero-order valence-electron chi connectivity index (χ0n) is 11.6. The number of phenols is 1. The highest BCUT2D eigenvalue weighted by atomic mass is 19.1. The summed E-state index contributed by atoms with van der Waals surface area (Å²) in [5, 5.41) is 21.0. The van der Waals surface area contributed by atoms with Crippen molar-refractivity contribution >= 4 is 11.9 Å². The van der Waals surface area contributed by atoms with Crippen LogP contribution in [0.1, 0.15) is 37.6 Å². The SMILES string of the molecule is CC(C)(C)C(CC(=O)O)NC(=O)c1ccc(F)cc1O. The van der Waals surface area contributed by atoms with E-state index in [9.17, 15) is 19.1 Å². The third-order valence-electron chi connectivity index (χ3n) is 2.93. The molecule has 5 nitrogen and oxygen atoms in total. The summed E-state index contributed by atoms with van der Waals surface area (Å²) in [5.41, 5.74) is -0.560. The van der Waals surface area contributed by atoms with E-state index in [0.29, 0.717) is 0 Å². The number of nitrogens with one attached hydrogen (secondary N) is 1. The highest BCUT2D eigenvalue weighted by Crippen LogP contribution is 2.24. The lowest BCUT2D eigenvalue weighted by Crippen LogP contribution is -2.45. The standard InChI is InChI=1S/C14H18FNO4/c1-14(2,3)11(7-12(18)19)16-13(20)9-5-4-8(15)6-10(9)17/h4-6,11,17H,7H2,1-3H3,(H,16,20)(H,18,19). The molecule has 0 aliphatic rings.